The van der Waals surface area contributed by atoms with Crippen LogP contribution in [0.15, 0.2) is 18.2 Å². The largest absolute Gasteiger partial charge is 0.384 e. The van der Waals surface area contributed by atoms with Gasteiger partial charge in [0.15, 0.2) is 0 Å². The number of nitrogen functional groups attached to an aromatic ring is 1. The number of fused-ring (bicyclic) bond motifs is 1. The van der Waals surface area contributed by atoms with Crippen molar-refractivity contribution in [1.29, 1.82) is 0 Å². The van der Waals surface area contributed by atoms with Crippen LogP contribution in [0.25, 0.3) is 0 Å². The molecule has 0 spiro atoms. The number of anilines is 1. The minimum absolute atomic E-state index is 0. The molecule has 0 bridgehead atoms. The molecule has 21 heavy (non-hydrogen) atoms. The molecule has 0 aliphatic carbocycles. The van der Waals surface area contributed by atoms with E-state index in [4.69, 9.17) is 5.73 Å². The van der Waals surface area contributed by atoms with E-state index in [1.54, 1.807) is 18.2 Å². The summed E-state index contributed by atoms with van der Waals surface area (Å²) < 4.78 is 0. The molecular weight excluding hydrogens is 311 g/mol. The minimum Gasteiger partial charge on any atom is -0.384 e. The normalized spacial score (nSPS) is 24.7. The first-order chi connectivity index (χ1) is 9.15. The second kappa shape index (κ2) is 7.29. The number of carbonyl (C=O) groups is 1. The molecule has 3 heterocycles. The van der Waals surface area contributed by atoms with Crippen LogP contribution in [0.2, 0.25) is 0 Å². The predicted molar refractivity (Wildman–Crippen MR) is 88.2 cm³/mol. The minimum atomic E-state index is 0. The Kier molecular flexibility index (Phi) is 6.25. The number of halogens is 2. The van der Waals surface area contributed by atoms with E-state index in [9.17, 15) is 4.79 Å². The molecule has 2 unspecified atom stereocenters. The van der Waals surface area contributed by atoms with Crippen molar-refractivity contribution >= 4 is 36.5 Å². The molecule has 0 radical (unpaired) electrons. The van der Waals surface area contributed by atoms with Gasteiger partial charge in [-0.05, 0) is 38.4 Å². The lowest BCUT2D eigenvalue weighted by Gasteiger charge is -2.42. The molecule has 1 aromatic rings. The first kappa shape index (κ1) is 18.0. The van der Waals surface area contributed by atoms with Crippen LogP contribution in [-0.4, -0.2) is 52.4 Å². The molecule has 118 valence electrons. The molecule has 5 nitrogen and oxygen atoms in total. The number of piperazine rings is 1. The third kappa shape index (κ3) is 3.59. The van der Waals surface area contributed by atoms with Gasteiger partial charge in [0.1, 0.15) is 11.5 Å². The van der Waals surface area contributed by atoms with Crippen molar-refractivity contribution in [2.75, 3.05) is 25.4 Å². The maximum absolute atomic E-state index is 12.5. The zero-order chi connectivity index (χ0) is 13.4. The summed E-state index contributed by atoms with van der Waals surface area (Å²) >= 11 is 0. The number of hydrogen-bond acceptors (Lipinski definition) is 4. The smallest absolute Gasteiger partial charge is 0.272 e. The summed E-state index contributed by atoms with van der Waals surface area (Å²) in [5.41, 5.74) is 6.11. The molecule has 2 aliphatic heterocycles. The Balaban J connectivity index is 0.00000110. The summed E-state index contributed by atoms with van der Waals surface area (Å²) in [7, 11) is 0. The van der Waals surface area contributed by atoms with Gasteiger partial charge in [-0.15, -0.1) is 24.8 Å². The SMILES string of the molecule is CC1CN2CCCC2CN1C(=O)c1cccc(N)n1.Cl.Cl. The van der Waals surface area contributed by atoms with Crippen molar-refractivity contribution in [2.45, 2.75) is 31.8 Å². The lowest BCUT2D eigenvalue weighted by Crippen LogP contribution is -2.56. The summed E-state index contributed by atoms with van der Waals surface area (Å²) in [6, 6.07) is 6.00. The molecule has 2 aliphatic rings. The topological polar surface area (TPSA) is 62.5 Å². The van der Waals surface area contributed by atoms with E-state index in [0.29, 0.717) is 17.6 Å². The van der Waals surface area contributed by atoms with Gasteiger partial charge < -0.3 is 10.6 Å². The van der Waals surface area contributed by atoms with Crippen LogP contribution < -0.4 is 5.73 Å². The monoisotopic (exact) mass is 332 g/mol. The standard InChI is InChI=1S/C14H20N4O.2ClH/c1-10-8-17-7-3-4-11(17)9-18(10)14(19)12-5-2-6-13(15)16-12;;/h2,5-6,10-11H,3-4,7-9H2,1H3,(H2,15,16);2*1H. The number of pyridine rings is 1. The number of nitrogens with zero attached hydrogens (tertiary/aromatic N) is 3. The van der Waals surface area contributed by atoms with Crippen LogP contribution in [0, 0.1) is 0 Å². The highest BCUT2D eigenvalue weighted by Crippen LogP contribution is 2.25. The average Bonchev–Trinajstić information content (AvgIpc) is 2.84. The molecule has 2 atom stereocenters. The zero-order valence-electron chi connectivity index (χ0n) is 12.1. The zero-order valence-corrected chi connectivity index (χ0v) is 13.7. The maximum Gasteiger partial charge on any atom is 0.272 e. The summed E-state index contributed by atoms with van der Waals surface area (Å²) in [6.45, 7) is 5.07. The molecule has 0 saturated carbocycles. The first-order valence-corrected chi connectivity index (χ1v) is 6.92. The van der Waals surface area contributed by atoms with Crippen LogP contribution in [0.1, 0.15) is 30.3 Å². The first-order valence-electron chi connectivity index (χ1n) is 6.92. The highest BCUT2D eigenvalue weighted by atomic mass is 35.5. The number of aromatic nitrogens is 1. The predicted octanol–water partition coefficient (Wildman–Crippen LogP) is 1.82. The number of hydrogen-bond donors (Lipinski definition) is 1. The van der Waals surface area contributed by atoms with Gasteiger partial charge in [0, 0.05) is 25.2 Å². The van der Waals surface area contributed by atoms with E-state index in [1.165, 1.54) is 19.4 Å². The molecule has 2 N–H and O–H groups in total. The van der Waals surface area contributed by atoms with E-state index >= 15 is 0 Å². The molecule has 2 saturated heterocycles. The fourth-order valence-corrected chi connectivity index (χ4v) is 3.19. The van der Waals surface area contributed by atoms with Gasteiger partial charge in [0.2, 0.25) is 0 Å². The van der Waals surface area contributed by atoms with Gasteiger partial charge in [-0.1, -0.05) is 6.07 Å². The number of nitrogens with two attached hydrogens (primary N) is 1. The molecule has 1 aromatic heterocycles. The van der Waals surface area contributed by atoms with Crippen molar-refractivity contribution in [3.63, 3.8) is 0 Å². The highest BCUT2D eigenvalue weighted by Gasteiger charge is 2.36. The number of amides is 1. The van der Waals surface area contributed by atoms with Crippen LogP contribution in [-0.2, 0) is 0 Å². The Morgan fingerprint density at radius 3 is 2.81 bits per heavy atom. The number of rotatable bonds is 1. The van der Waals surface area contributed by atoms with Crippen molar-refractivity contribution in [3.05, 3.63) is 23.9 Å². The van der Waals surface area contributed by atoms with E-state index < -0.39 is 0 Å². The molecule has 7 heteroatoms. The molecular formula is C14H22Cl2N4O. The lowest BCUT2D eigenvalue weighted by molar-refractivity contribution is 0.0390. The van der Waals surface area contributed by atoms with Crippen LogP contribution in [0.5, 0.6) is 0 Å². The third-order valence-corrected chi connectivity index (χ3v) is 4.19. The Morgan fingerprint density at radius 2 is 2.10 bits per heavy atom. The fraction of sp³-hybridized carbons (Fsp3) is 0.571. The van der Waals surface area contributed by atoms with Gasteiger partial charge in [0.25, 0.3) is 5.91 Å². The van der Waals surface area contributed by atoms with Crippen molar-refractivity contribution in [1.82, 2.24) is 14.8 Å². The van der Waals surface area contributed by atoms with Crippen molar-refractivity contribution in [3.8, 4) is 0 Å². The Labute approximate surface area is 137 Å². The van der Waals surface area contributed by atoms with Gasteiger partial charge in [-0.2, -0.15) is 0 Å². The second-order valence-corrected chi connectivity index (χ2v) is 5.55. The van der Waals surface area contributed by atoms with E-state index in [2.05, 4.69) is 16.8 Å². The lowest BCUT2D eigenvalue weighted by atomic mass is 10.1. The van der Waals surface area contributed by atoms with Crippen LogP contribution >= 0.6 is 24.8 Å². The molecule has 3 rings (SSSR count). The Bertz CT molecular complexity index is 500. The second-order valence-electron chi connectivity index (χ2n) is 5.55. The number of carbonyl (C=O) groups excluding carboxylic acids is 1. The summed E-state index contributed by atoms with van der Waals surface area (Å²) in [5, 5.41) is 0. The van der Waals surface area contributed by atoms with Crippen LogP contribution in [0.4, 0.5) is 5.82 Å². The molecule has 0 aromatic carbocycles. The Morgan fingerprint density at radius 1 is 1.33 bits per heavy atom. The summed E-state index contributed by atoms with van der Waals surface area (Å²) in [5.74, 6) is 0.407. The van der Waals surface area contributed by atoms with E-state index in [0.717, 1.165) is 13.1 Å². The quantitative estimate of drug-likeness (QED) is 0.852. The van der Waals surface area contributed by atoms with Crippen molar-refractivity contribution < 1.29 is 4.79 Å². The van der Waals surface area contributed by atoms with Gasteiger partial charge in [-0.25, -0.2) is 4.98 Å². The fourth-order valence-electron chi connectivity index (χ4n) is 3.19. The Hall–Kier alpha value is -1.04. The van der Waals surface area contributed by atoms with Gasteiger partial charge >= 0.3 is 0 Å². The molecule has 2 fully saturated rings. The van der Waals surface area contributed by atoms with Gasteiger partial charge in [0.05, 0.1) is 0 Å². The maximum atomic E-state index is 12.5. The van der Waals surface area contributed by atoms with E-state index in [-0.39, 0.29) is 36.8 Å². The summed E-state index contributed by atoms with van der Waals surface area (Å²) in [6.07, 6.45) is 2.44. The summed E-state index contributed by atoms with van der Waals surface area (Å²) in [4.78, 5) is 21.1. The van der Waals surface area contributed by atoms with Crippen LogP contribution in [0.3, 0.4) is 0 Å². The van der Waals surface area contributed by atoms with Crippen molar-refractivity contribution in [2.24, 2.45) is 0 Å². The average molecular weight is 333 g/mol. The third-order valence-electron chi connectivity index (χ3n) is 4.19. The highest BCUT2D eigenvalue weighted by molar-refractivity contribution is 5.93. The van der Waals surface area contributed by atoms with Gasteiger partial charge in [-0.3, -0.25) is 9.69 Å². The molecule has 1 amide bonds. The van der Waals surface area contributed by atoms with E-state index in [1.807, 2.05) is 4.90 Å².